The lowest BCUT2D eigenvalue weighted by Crippen LogP contribution is -2.35. The van der Waals surface area contributed by atoms with Crippen LogP contribution in [0.5, 0.6) is 5.75 Å². The molecule has 0 spiro atoms. The predicted octanol–water partition coefficient (Wildman–Crippen LogP) is 1.99. The summed E-state index contributed by atoms with van der Waals surface area (Å²) in [5, 5.41) is 7.48. The fourth-order valence-electron chi connectivity index (χ4n) is 2.54. The highest BCUT2D eigenvalue weighted by atomic mass is 32.2. The fourth-order valence-corrected chi connectivity index (χ4v) is 4.29. The molecule has 0 saturated carbocycles. The van der Waals surface area contributed by atoms with E-state index in [2.05, 4.69) is 10.3 Å². The molecule has 2 rings (SSSR count). The Hall–Kier alpha value is -1.93. The summed E-state index contributed by atoms with van der Waals surface area (Å²) in [6.45, 7) is 4.19. The molecule has 0 amide bonds. The van der Waals surface area contributed by atoms with E-state index < -0.39 is 10.0 Å². The van der Waals surface area contributed by atoms with Crippen LogP contribution in [0.15, 0.2) is 35.5 Å². The summed E-state index contributed by atoms with van der Waals surface area (Å²) in [6.07, 6.45) is 1.97. The minimum absolute atomic E-state index is 0.0766. The number of hydrogen-bond acceptors (Lipinski definition) is 5. The molecular weight excluding hydrogens is 316 g/mol. The van der Waals surface area contributed by atoms with Gasteiger partial charge in [0.25, 0.3) is 10.0 Å². The average molecular weight is 338 g/mol. The van der Waals surface area contributed by atoms with Crippen LogP contribution in [0.25, 0.3) is 0 Å². The van der Waals surface area contributed by atoms with Crippen LogP contribution in [0.2, 0.25) is 0 Å². The molecule has 1 aromatic heterocycles. The Morgan fingerprint density at radius 1 is 1.35 bits per heavy atom. The van der Waals surface area contributed by atoms with E-state index in [1.165, 1.54) is 15.2 Å². The highest BCUT2D eigenvalue weighted by Gasteiger charge is 2.32. The van der Waals surface area contributed by atoms with Crippen LogP contribution < -0.4 is 4.74 Å². The van der Waals surface area contributed by atoms with Gasteiger partial charge in [0.1, 0.15) is 5.75 Å². The molecule has 23 heavy (non-hydrogen) atoms. The minimum Gasteiger partial charge on any atom is -0.496 e. The van der Waals surface area contributed by atoms with E-state index in [0.29, 0.717) is 18.7 Å². The zero-order chi connectivity index (χ0) is 17.0. The van der Waals surface area contributed by atoms with E-state index in [1.54, 1.807) is 14.2 Å². The van der Waals surface area contributed by atoms with Crippen molar-refractivity contribution >= 4 is 10.0 Å². The summed E-state index contributed by atoms with van der Waals surface area (Å²) < 4.78 is 34.1. The van der Waals surface area contributed by atoms with Crippen LogP contribution in [-0.4, -0.2) is 41.4 Å². The van der Waals surface area contributed by atoms with Gasteiger partial charge in [0, 0.05) is 19.2 Å². The number of methoxy groups -OCH3 is 1. The molecule has 0 N–H and O–H groups in total. The molecule has 0 saturated heterocycles. The highest BCUT2D eigenvalue weighted by molar-refractivity contribution is 7.89. The Bertz CT molecular complexity index is 758. The normalized spacial score (nSPS) is 13.3. The summed E-state index contributed by atoms with van der Waals surface area (Å²) in [5.41, 5.74) is 0.821. The lowest BCUT2D eigenvalue weighted by atomic mass is 10.1. The lowest BCUT2D eigenvalue weighted by Gasteiger charge is -2.28. The molecular formula is C15H22N4O3S. The van der Waals surface area contributed by atoms with Gasteiger partial charge in [-0.15, -0.1) is 5.10 Å². The van der Waals surface area contributed by atoms with Crippen molar-refractivity contribution in [2.24, 2.45) is 7.05 Å². The number of nitrogens with zero attached hydrogens (tertiary/aromatic N) is 4. The van der Waals surface area contributed by atoms with Gasteiger partial charge in [-0.2, -0.15) is 4.31 Å². The van der Waals surface area contributed by atoms with E-state index >= 15 is 0 Å². The smallest absolute Gasteiger partial charge is 0.262 e. The number of benzene rings is 1. The number of hydrogen-bond donors (Lipinski definition) is 0. The standard InChI is InChI=1S/C15H22N4O3S/c1-5-10-19(23(20,21)15-11-16-17-18(15)3)12(2)13-8-6-7-9-14(13)22-4/h6-9,11-12H,5,10H2,1-4H3. The third-order valence-electron chi connectivity index (χ3n) is 3.71. The molecule has 1 aromatic carbocycles. The Balaban J connectivity index is 2.48. The van der Waals surface area contributed by atoms with Crippen molar-refractivity contribution in [3.05, 3.63) is 36.0 Å². The fraction of sp³-hybridized carbons (Fsp3) is 0.467. The van der Waals surface area contributed by atoms with Gasteiger partial charge in [0.15, 0.2) is 5.03 Å². The van der Waals surface area contributed by atoms with Gasteiger partial charge in [0.05, 0.1) is 19.3 Å². The van der Waals surface area contributed by atoms with Gasteiger partial charge >= 0.3 is 0 Å². The number of aromatic nitrogens is 3. The molecule has 1 unspecified atom stereocenters. The number of rotatable bonds is 7. The van der Waals surface area contributed by atoms with Crippen molar-refractivity contribution in [3.8, 4) is 5.75 Å². The maximum absolute atomic E-state index is 13.0. The van der Waals surface area contributed by atoms with Crippen LogP contribution >= 0.6 is 0 Å². The SMILES string of the molecule is CCCN(C(C)c1ccccc1OC)S(=O)(=O)c1cnnn1C. The van der Waals surface area contributed by atoms with Crippen molar-refractivity contribution in [2.75, 3.05) is 13.7 Å². The maximum Gasteiger partial charge on any atom is 0.262 e. The van der Waals surface area contributed by atoms with Gasteiger partial charge in [-0.25, -0.2) is 13.1 Å². The second-order valence-corrected chi connectivity index (χ2v) is 7.07. The van der Waals surface area contributed by atoms with Crippen molar-refractivity contribution in [2.45, 2.75) is 31.3 Å². The molecule has 1 heterocycles. The molecule has 0 fully saturated rings. The first kappa shape index (κ1) is 17.4. The van der Waals surface area contributed by atoms with Crippen molar-refractivity contribution in [1.29, 1.82) is 0 Å². The molecule has 126 valence electrons. The van der Waals surface area contributed by atoms with E-state index in [1.807, 2.05) is 38.1 Å². The zero-order valence-electron chi connectivity index (χ0n) is 13.8. The molecule has 0 aliphatic carbocycles. The van der Waals surface area contributed by atoms with Crippen LogP contribution in [-0.2, 0) is 17.1 Å². The molecule has 2 aromatic rings. The molecule has 1 atom stereocenters. The predicted molar refractivity (Wildman–Crippen MR) is 86.6 cm³/mol. The summed E-state index contributed by atoms with van der Waals surface area (Å²) in [6, 6.07) is 7.07. The van der Waals surface area contributed by atoms with Crippen LogP contribution in [0.1, 0.15) is 31.9 Å². The summed E-state index contributed by atoms with van der Waals surface area (Å²) in [7, 11) is -0.561. The van der Waals surface area contributed by atoms with Gasteiger partial charge in [0.2, 0.25) is 0 Å². The monoisotopic (exact) mass is 338 g/mol. The lowest BCUT2D eigenvalue weighted by molar-refractivity contribution is 0.326. The van der Waals surface area contributed by atoms with Gasteiger partial charge in [-0.05, 0) is 19.4 Å². The number of sulfonamides is 1. The number of aryl methyl sites for hydroxylation is 1. The number of ether oxygens (including phenoxy) is 1. The van der Waals surface area contributed by atoms with Crippen molar-refractivity contribution < 1.29 is 13.2 Å². The number of para-hydroxylation sites is 1. The molecule has 0 aliphatic heterocycles. The van der Waals surface area contributed by atoms with Crippen molar-refractivity contribution in [1.82, 2.24) is 19.3 Å². The highest BCUT2D eigenvalue weighted by Crippen LogP contribution is 2.32. The van der Waals surface area contributed by atoms with E-state index in [4.69, 9.17) is 4.74 Å². The first-order chi connectivity index (χ1) is 10.9. The third-order valence-corrected chi connectivity index (χ3v) is 5.73. The Labute approximate surface area is 136 Å². The van der Waals surface area contributed by atoms with Gasteiger partial charge in [-0.1, -0.05) is 30.3 Å². The van der Waals surface area contributed by atoms with Crippen LogP contribution in [0.3, 0.4) is 0 Å². The first-order valence-corrected chi connectivity index (χ1v) is 8.87. The Morgan fingerprint density at radius 2 is 2.04 bits per heavy atom. The molecule has 0 radical (unpaired) electrons. The van der Waals surface area contributed by atoms with Gasteiger partial charge in [-0.3, -0.25) is 0 Å². The van der Waals surface area contributed by atoms with E-state index in [-0.39, 0.29) is 11.1 Å². The van der Waals surface area contributed by atoms with E-state index in [0.717, 1.165) is 5.56 Å². The average Bonchev–Trinajstić information content (AvgIpc) is 2.98. The van der Waals surface area contributed by atoms with Crippen LogP contribution in [0.4, 0.5) is 0 Å². The topological polar surface area (TPSA) is 77.3 Å². The minimum atomic E-state index is -3.71. The Kier molecular flexibility index (Phi) is 5.38. The maximum atomic E-state index is 13.0. The molecule has 0 bridgehead atoms. The summed E-state index contributed by atoms with van der Waals surface area (Å²) >= 11 is 0. The quantitative estimate of drug-likeness (QED) is 0.771. The van der Waals surface area contributed by atoms with Crippen molar-refractivity contribution in [3.63, 3.8) is 0 Å². The second-order valence-electron chi connectivity index (χ2n) is 5.23. The third kappa shape index (κ3) is 3.37. The molecule has 7 nitrogen and oxygen atoms in total. The Morgan fingerprint density at radius 3 is 2.61 bits per heavy atom. The largest absolute Gasteiger partial charge is 0.496 e. The van der Waals surface area contributed by atoms with Crippen LogP contribution in [0, 0.1) is 0 Å². The second kappa shape index (κ2) is 7.10. The molecule has 0 aliphatic rings. The summed E-state index contributed by atoms with van der Waals surface area (Å²) in [4.78, 5) is 0. The molecule has 8 heteroatoms. The van der Waals surface area contributed by atoms with Gasteiger partial charge < -0.3 is 4.74 Å². The zero-order valence-corrected chi connectivity index (χ0v) is 14.6. The van der Waals surface area contributed by atoms with E-state index in [9.17, 15) is 8.42 Å². The first-order valence-electron chi connectivity index (χ1n) is 7.43. The summed E-state index contributed by atoms with van der Waals surface area (Å²) in [5.74, 6) is 0.666.